The van der Waals surface area contributed by atoms with Crippen LogP contribution >= 0.6 is 11.3 Å². The number of aromatic nitrogens is 3. The number of nitrogens with zero attached hydrogens (tertiary/aromatic N) is 5. The molecule has 0 atom stereocenters. The van der Waals surface area contributed by atoms with Gasteiger partial charge in [0.05, 0.1) is 13.2 Å². The second-order valence-electron chi connectivity index (χ2n) is 5.41. The van der Waals surface area contributed by atoms with Crippen LogP contribution in [0.1, 0.15) is 18.3 Å². The molecule has 132 valence electrons. The van der Waals surface area contributed by atoms with Crippen LogP contribution in [0.25, 0.3) is 0 Å². The normalized spacial score (nSPS) is 11.7. The maximum Gasteiger partial charge on any atom is 0.194 e. The van der Waals surface area contributed by atoms with E-state index in [1.807, 2.05) is 7.05 Å². The average Bonchev–Trinajstić information content (AvgIpc) is 3.24. The van der Waals surface area contributed by atoms with Crippen LogP contribution in [0.5, 0.6) is 0 Å². The summed E-state index contributed by atoms with van der Waals surface area (Å²) in [6, 6.07) is 2.14. The lowest BCUT2D eigenvalue weighted by atomic mass is 10.3. The molecule has 2 aromatic heterocycles. The first-order valence-electron chi connectivity index (χ1n) is 8.10. The van der Waals surface area contributed by atoms with Crippen LogP contribution in [0.15, 0.2) is 28.1 Å². The second-order valence-corrected chi connectivity index (χ2v) is 6.19. The Hall–Kier alpha value is -1.93. The van der Waals surface area contributed by atoms with Gasteiger partial charge in [0.25, 0.3) is 0 Å². The Balaban J connectivity index is 1.91. The molecule has 0 radical (unpaired) electrons. The van der Waals surface area contributed by atoms with Gasteiger partial charge in [-0.1, -0.05) is 6.92 Å². The molecule has 8 heteroatoms. The summed E-state index contributed by atoms with van der Waals surface area (Å²) in [4.78, 5) is 6.75. The van der Waals surface area contributed by atoms with Gasteiger partial charge in [0.15, 0.2) is 5.96 Å². The summed E-state index contributed by atoms with van der Waals surface area (Å²) in [5.74, 6) is 1.88. The average molecular weight is 350 g/mol. The molecule has 0 aromatic carbocycles. The molecule has 0 aliphatic carbocycles. The number of methoxy groups -OCH3 is 1. The topological polar surface area (TPSA) is 67.6 Å². The second kappa shape index (κ2) is 10.0. The van der Waals surface area contributed by atoms with Crippen LogP contribution in [0.4, 0.5) is 0 Å². The lowest BCUT2D eigenvalue weighted by molar-refractivity contribution is 0.207. The smallest absolute Gasteiger partial charge is 0.194 e. The molecular weight excluding hydrogens is 324 g/mol. The van der Waals surface area contributed by atoms with Crippen molar-refractivity contribution in [3.8, 4) is 0 Å². The minimum atomic E-state index is 0.614. The lowest BCUT2D eigenvalue weighted by Gasteiger charge is -2.22. The zero-order chi connectivity index (χ0) is 17.2. The predicted molar refractivity (Wildman–Crippen MR) is 97.4 cm³/mol. The third kappa shape index (κ3) is 5.61. The van der Waals surface area contributed by atoms with Gasteiger partial charge >= 0.3 is 0 Å². The highest BCUT2D eigenvalue weighted by Gasteiger charge is 2.08. The van der Waals surface area contributed by atoms with Gasteiger partial charge < -0.3 is 19.5 Å². The largest absolute Gasteiger partial charge is 0.383 e. The van der Waals surface area contributed by atoms with E-state index in [-0.39, 0.29) is 0 Å². The summed E-state index contributed by atoms with van der Waals surface area (Å²) in [6.07, 6.45) is 2.66. The molecule has 2 aromatic rings. The van der Waals surface area contributed by atoms with Gasteiger partial charge in [0.2, 0.25) is 0 Å². The highest BCUT2D eigenvalue weighted by Crippen LogP contribution is 2.08. The number of ether oxygens (including phenoxy) is 1. The van der Waals surface area contributed by atoms with Crippen molar-refractivity contribution in [2.75, 3.05) is 33.9 Å². The summed E-state index contributed by atoms with van der Waals surface area (Å²) in [7, 11) is 3.74. The molecule has 1 N–H and O–H groups in total. The Bertz CT molecular complexity index is 610. The van der Waals surface area contributed by atoms with E-state index in [2.05, 4.69) is 53.7 Å². The van der Waals surface area contributed by atoms with E-state index < -0.39 is 0 Å². The van der Waals surface area contributed by atoms with Crippen molar-refractivity contribution < 1.29 is 4.74 Å². The number of aryl methyl sites for hydroxylation is 1. The van der Waals surface area contributed by atoms with Crippen LogP contribution in [-0.2, 0) is 24.2 Å². The van der Waals surface area contributed by atoms with E-state index >= 15 is 0 Å². The highest BCUT2D eigenvalue weighted by atomic mass is 32.1. The van der Waals surface area contributed by atoms with Gasteiger partial charge in [-0.3, -0.25) is 4.99 Å². The van der Waals surface area contributed by atoms with E-state index in [9.17, 15) is 0 Å². The number of hydrogen-bond acceptors (Lipinski definition) is 5. The van der Waals surface area contributed by atoms with Crippen molar-refractivity contribution in [2.24, 2.45) is 4.99 Å². The molecule has 0 aliphatic rings. The van der Waals surface area contributed by atoms with Crippen molar-refractivity contribution in [3.05, 3.63) is 34.5 Å². The Morgan fingerprint density at radius 1 is 1.50 bits per heavy atom. The van der Waals surface area contributed by atoms with E-state index in [0.29, 0.717) is 13.2 Å². The summed E-state index contributed by atoms with van der Waals surface area (Å²) in [6.45, 7) is 5.74. The van der Waals surface area contributed by atoms with E-state index in [1.54, 1.807) is 24.8 Å². The zero-order valence-corrected chi connectivity index (χ0v) is 15.4. The minimum absolute atomic E-state index is 0.614. The van der Waals surface area contributed by atoms with Crippen molar-refractivity contribution in [1.82, 2.24) is 25.0 Å². The molecular formula is C16H26N6OS. The van der Waals surface area contributed by atoms with E-state index in [1.165, 1.54) is 5.56 Å². The molecule has 0 saturated carbocycles. The zero-order valence-electron chi connectivity index (χ0n) is 14.6. The number of hydrogen-bond donors (Lipinski definition) is 1. The molecule has 0 bridgehead atoms. The minimum Gasteiger partial charge on any atom is -0.383 e. The van der Waals surface area contributed by atoms with Gasteiger partial charge in [0, 0.05) is 40.2 Å². The molecule has 0 aliphatic heterocycles. The number of aliphatic imine (C=N–C) groups is 1. The van der Waals surface area contributed by atoms with Crippen molar-refractivity contribution in [1.29, 1.82) is 0 Å². The maximum absolute atomic E-state index is 5.10. The van der Waals surface area contributed by atoms with Gasteiger partial charge in [-0.05, 0) is 22.4 Å². The first-order chi connectivity index (χ1) is 11.7. The van der Waals surface area contributed by atoms with Crippen LogP contribution < -0.4 is 5.32 Å². The third-order valence-corrected chi connectivity index (χ3v) is 4.30. The van der Waals surface area contributed by atoms with Gasteiger partial charge in [-0.2, -0.15) is 11.3 Å². The predicted octanol–water partition coefficient (Wildman–Crippen LogP) is 1.63. The number of rotatable bonds is 9. The third-order valence-electron chi connectivity index (χ3n) is 3.57. The number of guanidine groups is 1. The quantitative estimate of drug-likeness (QED) is 0.423. The number of thiophene rings is 1. The summed E-state index contributed by atoms with van der Waals surface area (Å²) in [5.41, 5.74) is 1.29. The molecule has 2 rings (SSSR count). The molecule has 2 heterocycles. The molecule has 0 fully saturated rings. The Morgan fingerprint density at radius 3 is 3.08 bits per heavy atom. The van der Waals surface area contributed by atoms with E-state index in [0.717, 1.165) is 37.8 Å². The van der Waals surface area contributed by atoms with Crippen LogP contribution in [-0.4, -0.2) is 59.5 Å². The molecule has 0 amide bonds. The summed E-state index contributed by atoms with van der Waals surface area (Å²) >= 11 is 1.71. The first kappa shape index (κ1) is 18.4. The van der Waals surface area contributed by atoms with E-state index in [4.69, 9.17) is 4.74 Å². The van der Waals surface area contributed by atoms with Crippen molar-refractivity contribution >= 4 is 17.3 Å². The highest BCUT2D eigenvalue weighted by molar-refractivity contribution is 7.07. The standard InChI is InChI=1S/C16H26N6OS/c1-4-15-20-19-13-22(15)8-6-17-16(18-7-9-23-3)21(2)11-14-5-10-24-12-14/h5,10,12-13H,4,6-9,11H2,1-3H3,(H,17,18). The molecule has 7 nitrogen and oxygen atoms in total. The fourth-order valence-corrected chi connectivity index (χ4v) is 2.97. The molecule has 0 saturated heterocycles. The Morgan fingerprint density at radius 2 is 2.38 bits per heavy atom. The van der Waals surface area contributed by atoms with Gasteiger partial charge in [-0.25, -0.2) is 0 Å². The van der Waals surface area contributed by atoms with Crippen molar-refractivity contribution in [3.63, 3.8) is 0 Å². The lowest BCUT2D eigenvalue weighted by Crippen LogP contribution is -2.40. The fourth-order valence-electron chi connectivity index (χ4n) is 2.31. The molecule has 0 spiro atoms. The Labute approximate surface area is 147 Å². The monoisotopic (exact) mass is 350 g/mol. The maximum atomic E-state index is 5.10. The van der Waals surface area contributed by atoms with Crippen molar-refractivity contribution in [2.45, 2.75) is 26.4 Å². The van der Waals surface area contributed by atoms with Crippen LogP contribution in [0, 0.1) is 0 Å². The number of nitrogens with one attached hydrogen (secondary N) is 1. The molecule has 24 heavy (non-hydrogen) atoms. The molecule has 0 unspecified atom stereocenters. The van der Waals surface area contributed by atoms with Gasteiger partial charge in [-0.15, -0.1) is 10.2 Å². The van der Waals surface area contributed by atoms with Crippen LogP contribution in [0.3, 0.4) is 0 Å². The van der Waals surface area contributed by atoms with Gasteiger partial charge in [0.1, 0.15) is 12.2 Å². The summed E-state index contributed by atoms with van der Waals surface area (Å²) < 4.78 is 7.17. The fraction of sp³-hybridized carbons (Fsp3) is 0.562. The SMILES string of the molecule is CCc1nncn1CCNC(=NCCOC)N(C)Cc1ccsc1. The summed E-state index contributed by atoms with van der Waals surface area (Å²) in [5, 5.41) is 15.8. The first-order valence-corrected chi connectivity index (χ1v) is 9.05. The van der Waals surface area contributed by atoms with Crippen LogP contribution in [0.2, 0.25) is 0 Å². The Kier molecular flexibility index (Phi) is 7.70.